The lowest BCUT2D eigenvalue weighted by atomic mass is 10.0. The van der Waals surface area contributed by atoms with E-state index in [1.807, 2.05) is 6.07 Å². The van der Waals surface area contributed by atoms with Gasteiger partial charge < -0.3 is 21.0 Å². The summed E-state index contributed by atoms with van der Waals surface area (Å²) in [5, 5.41) is 17.3. The Labute approximate surface area is 205 Å². The topological polar surface area (TPSA) is 173 Å². The Hall–Kier alpha value is -3.43. The van der Waals surface area contributed by atoms with Gasteiger partial charge in [-0.1, -0.05) is 23.0 Å². The van der Waals surface area contributed by atoms with Crippen molar-refractivity contribution in [2.75, 3.05) is 18.6 Å². The molecule has 2 atom stereocenters. The van der Waals surface area contributed by atoms with Gasteiger partial charge in [-0.05, 0) is 23.1 Å². The van der Waals surface area contributed by atoms with E-state index in [-0.39, 0.29) is 22.4 Å². The van der Waals surface area contributed by atoms with Gasteiger partial charge in [-0.2, -0.15) is 9.36 Å². The summed E-state index contributed by atoms with van der Waals surface area (Å²) in [6.07, 6.45) is 5.14. The molecule has 1 unspecified atom stereocenters. The second kappa shape index (κ2) is 10.2. The van der Waals surface area contributed by atoms with Gasteiger partial charge in [0.25, 0.3) is 11.8 Å². The molecule has 0 radical (unpaired) electrons. The molecule has 15 heteroatoms. The van der Waals surface area contributed by atoms with Crippen LogP contribution in [0.2, 0.25) is 0 Å². The minimum atomic E-state index is -1.22. The summed E-state index contributed by atoms with van der Waals surface area (Å²) in [6.45, 7) is 0. The molecule has 4 N–H and O–H groups in total. The highest BCUT2D eigenvalue weighted by atomic mass is 32.2. The number of nitrogens with one attached hydrogen (secondary N) is 1. The second-order valence-corrected chi connectivity index (χ2v) is 9.61. The van der Waals surface area contributed by atoms with E-state index in [0.717, 1.165) is 17.1 Å². The molecule has 34 heavy (non-hydrogen) atoms. The van der Waals surface area contributed by atoms with E-state index in [2.05, 4.69) is 24.8 Å². The third-order valence-electron chi connectivity index (χ3n) is 4.63. The largest absolute Gasteiger partial charge is 0.477 e. The average Bonchev–Trinajstić information content (AvgIpc) is 3.26. The number of fused-ring (bicyclic) bond motifs is 1. The monoisotopic (exact) mass is 519 g/mol. The number of carboxylic acids is 1. The fourth-order valence-corrected chi connectivity index (χ4v) is 5.96. The Morgan fingerprint density at radius 1 is 1.47 bits per heavy atom. The second-order valence-electron chi connectivity index (χ2n) is 6.72. The first-order valence-electron chi connectivity index (χ1n) is 9.56. The van der Waals surface area contributed by atoms with Crippen LogP contribution in [0.5, 0.6) is 0 Å². The van der Waals surface area contributed by atoms with E-state index in [4.69, 9.17) is 10.6 Å². The van der Waals surface area contributed by atoms with Crippen LogP contribution in [0.3, 0.4) is 0 Å². The summed E-state index contributed by atoms with van der Waals surface area (Å²) < 4.78 is 3.94. The van der Waals surface area contributed by atoms with Crippen LogP contribution in [0.25, 0.3) is 6.08 Å². The molecule has 4 rings (SSSR count). The Bertz CT molecular complexity index is 1210. The van der Waals surface area contributed by atoms with Gasteiger partial charge in [-0.3, -0.25) is 19.5 Å². The first kappa shape index (κ1) is 23.7. The lowest BCUT2D eigenvalue weighted by Gasteiger charge is -2.49. The summed E-state index contributed by atoms with van der Waals surface area (Å²) in [5.74, 6) is -2.18. The molecule has 4 heterocycles. The number of carbonyl (C=O) groups is 3. The summed E-state index contributed by atoms with van der Waals surface area (Å²) in [5.41, 5.74) is 6.09. The van der Waals surface area contributed by atoms with Gasteiger partial charge in [0.2, 0.25) is 11.5 Å². The summed E-state index contributed by atoms with van der Waals surface area (Å²) in [7, 11) is 1.25. The van der Waals surface area contributed by atoms with Crippen molar-refractivity contribution in [3.63, 3.8) is 0 Å². The van der Waals surface area contributed by atoms with Gasteiger partial charge in [0.15, 0.2) is 5.13 Å². The minimum Gasteiger partial charge on any atom is -0.477 e. The van der Waals surface area contributed by atoms with Crippen LogP contribution in [0.1, 0.15) is 11.4 Å². The molecule has 12 nitrogen and oxygen atoms in total. The maximum atomic E-state index is 12.9. The first-order valence-corrected chi connectivity index (χ1v) is 12.3. The molecule has 176 valence electrons. The maximum absolute atomic E-state index is 12.9. The van der Waals surface area contributed by atoms with E-state index in [0.29, 0.717) is 10.7 Å². The van der Waals surface area contributed by atoms with E-state index in [9.17, 15) is 19.5 Å². The third-order valence-corrected chi connectivity index (χ3v) is 7.53. The number of anilines is 1. The Morgan fingerprint density at radius 3 is 2.94 bits per heavy atom. The number of thioether (sulfide) groups is 2. The number of aliphatic carboxylic acids is 1. The van der Waals surface area contributed by atoms with Crippen molar-refractivity contribution in [3.05, 3.63) is 51.9 Å². The van der Waals surface area contributed by atoms with Gasteiger partial charge in [0, 0.05) is 34.6 Å². The summed E-state index contributed by atoms with van der Waals surface area (Å²) in [6, 6.07) is 2.72. The summed E-state index contributed by atoms with van der Waals surface area (Å²) >= 11 is 3.45. The van der Waals surface area contributed by atoms with Crippen LogP contribution >= 0.6 is 35.1 Å². The molecule has 1 saturated heterocycles. The van der Waals surface area contributed by atoms with Gasteiger partial charge >= 0.3 is 5.97 Å². The van der Waals surface area contributed by atoms with Crippen molar-refractivity contribution in [2.24, 2.45) is 5.16 Å². The number of nitrogen functional groups attached to an aromatic ring is 1. The number of rotatable bonds is 8. The molecule has 0 saturated carbocycles. The first-order chi connectivity index (χ1) is 16.4. The highest BCUT2D eigenvalue weighted by molar-refractivity contribution is 8.08. The van der Waals surface area contributed by atoms with Gasteiger partial charge in [-0.15, -0.1) is 11.8 Å². The number of aromatic nitrogens is 3. The number of nitrogens with zero attached hydrogens (tertiary/aromatic N) is 5. The molecule has 0 spiro atoms. The SMILES string of the molecule is CO/N=C(\C(=O)NC1C(=O)N2C(C(=O)O)=C(S/C=C\c3cccnc3)CS[C@H]12)c1nsc(N)n1. The zero-order valence-electron chi connectivity index (χ0n) is 17.4. The average molecular weight is 520 g/mol. The molecule has 2 amide bonds. The number of hydrogen-bond donors (Lipinski definition) is 3. The fourth-order valence-electron chi connectivity index (χ4n) is 3.17. The van der Waals surface area contributed by atoms with Crippen LogP contribution in [-0.4, -0.2) is 72.1 Å². The normalized spacial score (nSPS) is 20.2. The van der Waals surface area contributed by atoms with Crippen LogP contribution in [0.4, 0.5) is 5.13 Å². The number of carbonyl (C=O) groups excluding carboxylic acids is 2. The van der Waals surface area contributed by atoms with Gasteiger partial charge in [-0.25, -0.2) is 4.79 Å². The predicted octanol–water partition coefficient (Wildman–Crippen LogP) is 0.966. The van der Waals surface area contributed by atoms with Crippen LogP contribution < -0.4 is 11.1 Å². The van der Waals surface area contributed by atoms with Crippen molar-refractivity contribution in [1.29, 1.82) is 0 Å². The number of β-lactam (4-membered cyclic amide) rings is 1. The predicted molar refractivity (Wildman–Crippen MR) is 128 cm³/mol. The molecular formula is C19H17N7O5S3. The molecule has 0 aromatic carbocycles. The standard InChI is InChI=1S/C19H17N7O5S3/c1-31-24-11(14-23-19(20)34-25-14)15(27)22-12-16(28)26-13(18(29)30)10(8-33-17(12)26)32-6-4-9-3-2-5-21-7-9/h2-7,12,17H,8H2,1H3,(H,22,27)(H,29,30)(H2,20,23,25)/b6-4-,24-11-/t12?,17-/m1/s1. The Balaban J connectivity index is 1.48. The third kappa shape index (κ3) is 4.76. The number of pyridine rings is 1. The zero-order valence-corrected chi connectivity index (χ0v) is 19.9. The van der Waals surface area contributed by atoms with Crippen LogP contribution in [0.15, 0.2) is 45.7 Å². The molecular weight excluding hydrogens is 502 g/mol. The van der Waals surface area contributed by atoms with Crippen molar-refractivity contribution in [1.82, 2.24) is 24.6 Å². The fraction of sp³-hybridized carbons (Fsp3) is 0.211. The zero-order chi connectivity index (χ0) is 24.2. The Kier molecular flexibility index (Phi) is 7.14. The number of hydrogen-bond acceptors (Lipinski definition) is 12. The minimum absolute atomic E-state index is 0.0352. The van der Waals surface area contributed by atoms with E-state index >= 15 is 0 Å². The highest BCUT2D eigenvalue weighted by Crippen LogP contribution is 2.43. The van der Waals surface area contributed by atoms with Gasteiger partial charge in [0.1, 0.15) is 24.2 Å². The van der Waals surface area contributed by atoms with E-state index in [1.54, 1.807) is 29.9 Å². The summed E-state index contributed by atoms with van der Waals surface area (Å²) in [4.78, 5) is 51.9. The molecule has 2 aromatic rings. The molecule has 2 aromatic heterocycles. The number of amides is 2. The molecule has 0 bridgehead atoms. The van der Waals surface area contributed by atoms with Gasteiger partial charge in [0.05, 0.1) is 0 Å². The van der Waals surface area contributed by atoms with Crippen molar-refractivity contribution < 1.29 is 24.3 Å². The van der Waals surface area contributed by atoms with Crippen LogP contribution in [0, 0.1) is 0 Å². The number of oxime groups is 1. The highest BCUT2D eigenvalue weighted by Gasteiger charge is 2.54. The molecule has 2 aliphatic heterocycles. The molecule has 1 fully saturated rings. The van der Waals surface area contributed by atoms with E-state index < -0.39 is 29.2 Å². The van der Waals surface area contributed by atoms with Crippen molar-refractivity contribution in [3.8, 4) is 0 Å². The van der Waals surface area contributed by atoms with Crippen molar-refractivity contribution in [2.45, 2.75) is 11.4 Å². The van der Waals surface area contributed by atoms with Crippen LogP contribution in [-0.2, 0) is 19.2 Å². The van der Waals surface area contributed by atoms with Crippen molar-refractivity contribution >= 4 is 69.8 Å². The Morgan fingerprint density at radius 2 is 2.29 bits per heavy atom. The van der Waals surface area contributed by atoms with E-state index in [1.165, 1.54) is 35.5 Å². The number of nitrogens with two attached hydrogens (primary N) is 1. The maximum Gasteiger partial charge on any atom is 0.353 e. The lowest BCUT2D eigenvalue weighted by Crippen LogP contribution is -2.71. The number of carboxylic acid groups (broad SMARTS) is 1. The quantitative estimate of drug-likeness (QED) is 0.258. The lowest BCUT2D eigenvalue weighted by molar-refractivity contribution is -0.150. The molecule has 2 aliphatic rings. The smallest absolute Gasteiger partial charge is 0.353 e. The molecule has 0 aliphatic carbocycles.